The highest BCUT2D eigenvalue weighted by molar-refractivity contribution is 5.94. The van der Waals surface area contributed by atoms with Gasteiger partial charge < -0.3 is 14.4 Å². The Balaban J connectivity index is 1.45. The first-order valence-corrected chi connectivity index (χ1v) is 10.5. The van der Waals surface area contributed by atoms with Gasteiger partial charge in [-0.2, -0.15) is 0 Å². The molecule has 3 aromatic carbocycles. The SMILES string of the molecule is CCOc1ccc2ccccc2c1CN1CCN(C(=O)c2ccc(OC)cc2)CC1. The molecule has 0 spiro atoms. The summed E-state index contributed by atoms with van der Waals surface area (Å²) in [6.45, 7) is 6.62. The normalized spacial score (nSPS) is 14.7. The molecule has 0 bridgehead atoms. The van der Waals surface area contributed by atoms with Gasteiger partial charge in [0, 0.05) is 43.9 Å². The Morgan fingerprint density at radius 1 is 0.933 bits per heavy atom. The van der Waals surface area contributed by atoms with Crippen LogP contribution in [0.5, 0.6) is 11.5 Å². The summed E-state index contributed by atoms with van der Waals surface area (Å²) in [5.74, 6) is 1.79. The monoisotopic (exact) mass is 404 g/mol. The molecule has 0 saturated carbocycles. The van der Waals surface area contributed by atoms with E-state index in [4.69, 9.17) is 9.47 Å². The second-order valence-electron chi connectivity index (χ2n) is 7.49. The number of benzene rings is 3. The van der Waals surface area contributed by atoms with E-state index in [0.29, 0.717) is 12.2 Å². The lowest BCUT2D eigenvalue weighted by Crippen LogP contribution is -2.48. The summed E-state index contributed by atoms with van der Waals surface area (Å²) in [6.07, 6.45) is 0. The van der Waals surface area contributed by atoms with Crippen LogP contribution in [0.3, 0.4) is 0 Å². The van der Waals surface area contributed by atoms with Gasteiger partial charge in [-0.25, -0.2) is 0 Å². The first kappa shape index (κ1) is 20.2. The van der Waals surface area contributed by atoms with E-state index >= 15 is 0 Å². The number of hydrogen-bond acceptors (Lipinski definition) is 4. The number of amides is 1. The van der Waals surface area contributed by atoms with Crippen molar-refractivity contribution in [2.45, 2.75) is 13.5 Å². The fourth-order valence-corrected chi connectivity index (χ4v) is 4.02. The predicted octanol–water partition coefficient (Wildman–Crippen LogP) is 4.21. The lowest BCUT2D eigenvalue weighted by molar-refractivity contribution is 0.0627. The third-order valence-electron chi connectivity index (χ3n) is 5.68. The smallest absolute Gasteiger partial charge is 0.253 e. The van der Waals surface area contributed by atoms with E-state index in [-0.39, 0.29) is 5.91 Å². The van der Waals surface area contributed by atoms with Crippen molar-refractivity contribution >= 4 is 16.7 Å². The minimum absolute atomic E-state index is 0.0810. The summed E-state index contributed by atoms with van der Waals surface area (Å²) in [6, 6.07) is 20.0. The van der Waals surface area contributed by atoms with Crippen LogP contribution >= 0.6 is 0 Å². The number of rotatable bonds is 6. The average molecular weight is 405 g/mol. The molecular weight excluding hydrogens is 376 g/mol. The van der Waals surface area contributed by atoms with E-state index < -0.39 is 0 Å². The molecule has 4 rings (SSSR count). The average Bonchev–Trinajstić information content (AvgIpc) is 2.81. The molecular formula is C25H28N2O3. The van der Waals surface area contributed by atoms with Gasteiger partial charge >= 0.3 is 0 Å². The third-order valence-corrected chi connectivity index (χ3v) is 5.68. The van der Waals surface area contributed by atoms with E-state index in [1.54, 1.807) is 7.11 Å². The largest absolute Gasteiger partial charge is 0.497 e. The first-order valence-electron chi connectivity index (χ1n) is 10.5. The van der Waals surface area contributed by atoms with Crippen LogP contribution in [0.25, 0.3) is 10.8 Å². The van der Waals surface area contributed by atoms with Crippen LogP contribution < -0.4 is 9.47 Å². The van der Waals surface area contributed by atoms with E-state index in [1.807, 2.05) is 36.1 Å². The molecule has 0 N–H and O–H groups in total. The molecule has 0 aromatic heterocycles. The van der Waals surface area contributed by atoms with Crippen LogP contribution in [0, 0.1) is 0 Å². The van der Waals surface area contributed by atoms with Crippen LogP contribution in [0.15, 0.2) is 60.7 Å². The van der Waals surface area contributed by atoms with Crippen molar-refractivity contribution < 1.29 is 14.3 Å². The molecule has 156 valence electrons. The number of piperazine rings is 1. The quantitative estimate of drug-likeness (QED) is 0.617. The van der Waals surface area contributed by atoms with E-state index in [0.717, 1.165) is 44.2 Å². The Labute approximate surface area is 177 Å². The molecule has 5 nitrogen and oxygen atoms in total. The number of methoxy groups -OCH3 is 1. The molecule has 3 aromatic rings. The second kappa shape index (κ2) is 9.18. The number of nitrogens with zero attached hydrogens (tertiary/aromatic N) is 2. The van der Waals surface area contributed by atoms with E-state index in [1.165, 1.54) is 16.3 Å². The van der Waals surface area contributed by atoms with Gasteiger partial charge in [-0.1, -0.05) is 30.3 Å². The molecule has 0 atom stereocenters. The zero-order chi connectivity index (χ0) is 20.9. The van der Waals surface area contributed by atoms with Crippen LogP contribution in [0.4, 0.5) is 0 Å². The van der Waals surface area contributed by atoms with Gasteiger partial charge in [0.05, 0.1) is 13.7 Å². The zero-order valence-electron chi connectivity index (χ0n) is 17.6. The summed E-state index contributed by atoms with van der Waals surface area (Å²) in [5, 5.41) is 2.46. The molecule has 1 amide bonds. The maximum Gasteiger partial charge on any atom is 0.253 e. The maximum atomic E-state index is 12.8. The van der Waals surface area contributed by atoms with Gasteiger partial charge in [0.25, 0.3) is 5.91 Å². The molecule has 0 radical (unpaired) electrons. The molecule has 30 heavy (non-hydrogen) atoms. The number of carbonyl (C=O) groups excluding carboxylic acids is 1. The lowest BCUT2D eigenvalue weighted by atomic mass is 10.0. The van der Waals surface area contributed by atoms with Crippen LogP contribution in [-0.2, 0) is 6.54 Å². The van der Waals surface area contributed by atoms with Crippen molar-refractivity contribution in [1.29, 1.82) is 0 Å². The van der Waals surface area contributed by atoms with Crippen molar-refractivity contribution in [2.24, 2.45) is 0 Å². The molecule has 1 heterocycles. The molecule has 0 unspecified atom stereocenters. The predicted molar refractivity (Wildman–Crippen MR) is 119 cm³/mol. The molecule has 1 aliphatic rings. The standard InChI is InChI=1S/C25H28N2O3/c1-3-30-24-13-10-19-6-4-5-7-22(19)23(24)18-26-14-16-27(17-15-26)25(28)20-8-11-21(29-2)12-9-20/h4-13H,3,14-18H2,1-2H3. The van der Waals surface area contributed by atoms with Crippen molar-refractivity contribution in [3.05, 3.63) is 71.8 Å². The summed E-state index contributed by atoms with van der Waals surface area (Å²) < 4.78 is 11.1. The summed E-state index contributed by atoms with van der Waals surface area (Å²) in [4.78, 5) is 17.2. The number of hydrogen-bond donors (Lipinski definition) is 0. The number of ether oxygens (including phenoxy) is 2. The van der Waals surface area contributed by atoms with Gasteiger partial charge in [-0.3, -0.25) is 9.69 Å². The first-order chi connectivity index (χ1) is 14.7. The molecule has 1 fully saturated rings. The van der Waals surface area contributed by atoms with E-state index in [2.05, 4.69) is 41.3 Å². The fraction of sp³-hybridized carbons (Fsp3) is 0.320. The molecule has 1 saturated heterocycles. The number of carbonyl (C=O) groups is 1. The molecule has 1 aliphatic heterocycles. The summed E-state index contributed by atoms with van der Waals surface area (Å²) in [5.41, 5.74) is 1.93. The third kappa shape index (κ3) is 4.26. The maximum absolute atomic E-state index is 12.8. The summed E-state index contributed by atoms with van der Waals surface area (Å²) >= 11 is 0. The van der Waals surface area contributed by atoms with Crippen molar-refractivity contribution in [2.75, 3.05) is 39.9 Å². The number of fused-ring (bicyclic) bond motifs is 1. The Morgan fingerprint density at radius 2 is 1.67 bits per heavy atom. The minimum Gasteiger partial charge on any atom is -0.497 e. The van der Waals surface area contributed by atoms with Gasteiger partial charge in [-0.15, -0.1) is 0 Å². The lowest BCUT2D eigenvalue weighted by Gasteiger charge is -2.35. The van der Waals surface area contributed by atoms with Gasteiger partial charge in [0.1, 0.15) is 11.5 Å². The Hall–Kier alpha value is -3.05. The van der Waals surface area contributed by atoms with Crippen LogP contribution in [0.1, 0.15) is 22.8 Å². The van der Waals surface area contributed by atoms with Gasteiger partial charge in [0.15, 0.2) is 0 Å². The Morgan fingerprint density at radius 3 is 2.37 bits per heavy atom. The highest BCUT2D eigenvalue weighted by Gasteiger charge is 2.23. The van der Waals surface area contributed by atoms with E-state index in [9.17, 15) is 4.79 Å². The van der Waals surface area contributed by atoms with Crippen LogP contribution in [0.2, 0.25) is 0 Å². The minimum atomic E-state index is 0.0810. The van der Waals surface area contributed by atoms with Crippen molar-refractivity contribution in [3.8, 4) is 11.5 Å². The van der Waals surface area contributed by atoms with Gasteiger partial charge in [-0.05, 0) is 48.0 Å². The Kier molecular flexibility index (Phi) is 6.19. The second-order valence-corrected chi connectivity index (χ2v) is 7.49. The summed E-state index contributed by atoms with van der Waals surface area (Å²) in [7, 11) is 1.63. The topological polar surface area (TPSA) is 42.0 Å². The van der Waals surface area contributed by atoms with Gasteiger partial charge in [0.2, 0.25) is 0 Å². The van der Waals surface area contributed by atoms with Crippen molar-refractivity contribution in [1.82, 2.24) is 9.80 Å². The van der Waals surface area contributed by atoms with Crippen LogP contribution in [-0.4, -0.2) is 55.6 Å². The molecule has 0 aliphatic carbocycles. The zero-order valence-corrected chi connectivity index (χ0v) is 17.6. The molecule has 5 heteroatoms. The van der Waals surface area contributed by atoms with Crippen molar-refractivity contribution in [3.63, 3.8) is 0 Å². The highest BCUT2D eigenvalue weighted by atomic mass is 16.5. The Bertz CT molecular complexity index is 1010. The highest BCUT2D eigenvalue weighted by Crippen LogP contribution is 2.30. The fourth-order valence-electron chi connectivity index (χ4n) is 4.02.